The second-order valence-electron chi connectivity index (χ2n) is 26.4. The molecule has 16 aromatic carbocycles. The van der Waals surface area contributed by atoms with Gasteiger partial charge < -0.3 is 29.1 Å². The van der Waals surface area contributed by atoms with Crippen molar-refractivity contribution in [3.05, 3.63) is 348 Å². The van der Waals surface area contributed by atoms with Crippen LogP contribution >= 0.6 is 0 Å². The summed E-state index contributed by atoms with van der Waals surface area (Å²) in [4.78, 5) is 9.76. The number of ether oxygens (including phenoxy) is 2. The van der Waals surface area contributed by atoms with Crippen molar-refractivity contribution in [3.8, 4) is 23.0 Å². The van der Waals surface area contributed by atoms with Gasteiger partial charge in [-0.3, -0.25) is 0 Å². The van der Waals surface area contributed by atoms with E-state index in [1.54, 1.807) is 0 Å². The van der Waals surface area contributed by atoms with Crippen molar-refractivity contribution in [3.63, 3.8) is 0 Å². The SMILES string of the molecule is Cc1ccc(N(c2ccc(C)cc2)c2cc(N(c3ccc(C)cc3)c3ccc(C)cc3)c3c(Oc4ccc5ccccc5c4)cc4c(N(c5ccc(C)cc5)c5ccc(C)cc5)cc(N(c5ccc(C)cc5)c5ccc(C)cc5)c5c(Oc6ccc7ccccc7c6)cc2c3c45)cc1. The summed E-state index contributed by atoms with van der Waals surface area (Å²) < 4.78 is 15.8. The molecule has 0 aromatic heterocycles. The number of hydrogen-bond donors (Lipinski definition) is 0. The maximum atomic E-state index is 7.88. The topological polar surface area (TPSA) is 31.4 Å². The predicted octanol–water partition coefficient (Wildman–Crippen LogP) is 26.8. The molecule has 0 radical (unpaired) electrons. The summed E-state index contributed by atoms with van der Waals surface area (Å²) in [5.74, 6) is 2.79. The highest BCUT2D eigenvalue weighted by Crippen LogP contribution is 2.60. The zero-order chi connectivity index (χ0) is 66.7. The van der Waals surface area contributed by atoms with Crippen molar-refractivity contribution in [1.29, 1.82) is 0 Å². The van der Waals surface area contributed by atoms with Crippen LogP contribution in [0.4, 0.5) is 68.2 Å². The van der Waals surface area contributed by atoms with Crippen molar-refractivity contribution >= 4 is 122 Å². The molecule has 16 aromatic rings. The van der Waals surface area contributed by atoms with Crippen LogP contribution in [0.2, 0.25) is 0 Å². The van der Waals surface area contributed by atoms with Gasteiger partial charge in [0.2, 0.25) is 0 Å². The fraction of sp³-hybridized carbons (Fsp3) is 0.0870. The Balaban J connectivity index is 1.18. The molecule has 0 unspecified atom stereocenters. The summed E-state index contributed by atoms with van der Waals surface area (Å²) >= 11 is 0. The standard InChI is InChI=1S/C92H74N4O2/c1-59-17-35-71(36-18-59)93(72-37-19-60(2)20-38-72)83-57-85(95(75-43-25-63(5)26-44-75)76-45-27-64(6)28-46-76)91-88(98-80-52-34-68-14-10-12-16-70(68)54-80)56-82-84(94(73-39-21-61(3)22-40-73)74-41-23-62(4)24-42-74)58-86(96(77-47-29-65(7)30-48-77)78-49-31-66(8)32-50-78)92-87(55-81(83)89(91)90(82)92)97-79-51-33-67-13-9-11-15-69(67)53-79/h9-58H,1-8H3. The van der Waals surface area contributed by atoms with E-state index in [2.05, 4.69) is 378 Å². The van der Waals surface area contributed by atoms with Gasteiger partial charge >= 0.3 is 0 Å². The van der Waals surface area contributed by atoms with Crippen molar-refractivity contribution in [2.75, 3.05) is 19.6 Å². The van der Waals surface area contributed by atoms with Crippen LogP contribution in [0.3, 0.4) is 0 Å². The molecule has 98 heavy (non-hydrogen) atoms. The molecule has 0 heterocycles. The molecule has 0 amide bonds. The van der Waals surface area contributed by atoms with Crippen molar-refractivity contribution in [2.45, 2.75) is 55.4 Å². The Morgan fingerprint density at radius 1 is 0.194 bits per heavy atom. The molecule has 0 saturated carbocycles. The second kappa shape index (κ2) is 25.2. The molecule has 0 bridgehead atoms. The first-order chi connectivity index (χ1) is 47.8. The highest BCUT2D eigenvalue weighted by Gasteiger charge is 2.34. The van der Waals surface area contributed by atoms with Gasteiger partial charge in [0, 0.05) is 77.8 Å². The first-order valence-corrected chi connectivity index (χ1v) is 33.8. The van der Waals surface area contributed by atoms with Crippen LogP contribution in [0.5, 0.6) is 23.0 Å². The Kier molecular flexibility index (Phi) is 15.6. The van der Waals surface area contributed by atoms with Gasteiger partial charge in [0.05, 0.1) is 22.7 Å². The summed E-state index contributed by atoms with van der Waals surface area (Å²) in [6.07, 6.45) is 0. The zero-order valence-corrected chi connectivity index (χ0v) is 56.5. The van der Waals surface area contributed by atoms with Gasteiger partial charge in [0.1, 0.15) is 23.0 Å². The van der Waals surface area contributed by atoms with E-state index < -0.39 is 0 Å². The number of fused-ring (bicyclic) bond motifs is 2. The van der Waals surface area contributed by atoms with Gasteiger partial charge in [0.25, 0.3) is 0 Å². The van der Waals surface area contributed by atoms with E-state index >= 15 is 0 Å². The second-order valence-corrected chi connectivity index (χ2v) is 26.4. The fourth-order valence-electron chi connectivity index (χ4n) is 13.9. The van der Waals surface area contributed by atoms with Crippen LogP contribution in [-0.4, -0.2) is 0 Å². The number of rotatable bonds is 16. The maximum Gasteiger partial charge on any atom is 0.138 e. The molecule has 0 N–H and O–H groups in total. The van der Waals surface area contributed by atoms with E-state index in [9.17, 15) is 0 Å². The van der Waals surface area contributed by atoms with Crippen LogP contribution in [0, 0.1) is 55.4 Å². The van der Waals surface area contributed by atoms with Crippen molar-refractivity contribution in [1.82, 2.24) is 0 Å². The third-order valence-corrected chi connectivity index (χ3v) is 19.1. The Hall–Kier alpha value is -12.1. The van der Waals surface area contributed by atoms with E-state index in [1.165, 1.54) is 22.3 Å². The fourth-order valence-corrected chi connectivity index (χ4v) is 13.9. The molecule has 0 aliphatic rings. The lowest BCUT2D eigenvalue weighted by atomic mass is 9.87. The minimum Gasteiger partial charge on any atom is -0.457 e. The molecule has 6 nitrogen and oxygen atoms in total. The third kappa shape index (κ3) is 11.5. The Morgan fingerprint density at radius 3 is 0.663 bits per heavy atom. The summed E-state index contributed by atoms with van der Waals surface area (Å²) in [7, 11) is 0. The third-order valence-electron chi connectivity index (χ3n) is 19.1. The molecular weight excluding hydrogens is 1190 g/mol. The van der Waals surface area contributed by atoms with Gasteiger partial charge in [0.15, 0.2) is 0 Å². The smallest absolute Gasteiger partial charge is 0.138 e. The lowest BCUT2D eigenvalue weighted by Gasteiger charge is -2.35. The zero-order valence-electron chi connectivity index (χ0n) is 56.5. The normalized spacial score (nSPS) is 11.5. The van der Waals surface area contributed by atoms with E-state index in [1.807, 2.05) is 0 Å². The van der Waals surface area contributed by atoms with E-state index in [4.69, 9.17) is 9.47 Å². The Morgan fingerprint density at radius 2 is 0.418 bits per heavy atom. The molecule has 0 fully saturated rings. The molecule has 474 valence electrons. The molecular formula is C92H74N4O2. The van der Waals surface area contributed by atoms with Crippen LogP contribution in [0.25, 0.3) is 53.9 Å². The van der Waals surface area contributed by atoms with Crippen LogP contribution in [-0.2, 0) is 0 Å². The molecule has 0 aliphatic carbocycles. The van der Waals surface area contributed by atoms with E-state index in [0.29, 0.717) is 23.0 Å². The average Bonchev–Trinajstić information content (AvgIpc) is 0.689. The number of hydrogen-bond acceptors (Lipinski definition) is 6. The van der Waals surface area contributed by atoms with Gasteiger partial charge in [-0.05, 0) is 223 Å². The summed E-state index contributed by atoms with van der Waals surface area (Å²) in [5.41, 5.74) is 21.0. The van der Waals surface area contributed by atoms with Crippen LogP contribution in [0.1, 0.15) is 44.5 Å². The molecule has 6 heteroatoms. The van der Waals surface area contributed by atoms with Gasteiger partial charge in [-0.25, -0.2) is 0 Å². The molecule has 0 spiro atoms. The highest BCUT2D eigenvalue weighted by atomic mass is 16.5. The average molecular weight is 1270 g/mol. The van der Waals surface area contributed by atoms with Crippen LogP contribution < -0.4 is 29.1 Å². The highest BCUT2D eigenvalue weighted by molar-refractivity contribution is 6.36. The summed E-state index contributed by atoms with van der Waals surface area (Å²) in [6, 6.07) is 111. The Labute approximate surface area is 574 Å². The monoisotopic (exact) mass is 1270 g/mol. The lowest BCUT2D eigenvalue weighted by Crippen LogP contribution is -2.16. The van der Waals surface area contributed by atoms with Crippen molar-refractivity contribution < 1.29 is 9.47 Å². The van der Waals surface area contributed by atoms with E-state index in [-0.39, 0.29) is 0 Å². The largest absolute Gasteiger partial charge is 0.457 e. The predicted molar refractivity (Wildman–Crippen MR) is 415 cm³/mol. The first kappa shape index (κ1) is 60.8. The van der Waals surface area contributed by atoms with Crippen molar-refractivity contribution in [2.24, 2.45) is 0 Å². The maximum absolute atomic E-state index is 7.88. The Bertz CT molecular complexity index is 5080. The minimum atomic E-state index is 0.681. The summed E-state index contributed by atoms with van der Waals surface area (Å²) in [6.45, 7) is 17.3. The quantitative estimate of drug-likeness (QED) is 0.0897. The molecule has 0 saturated heterocycles. The van der Waals surface area contributed by atoms with E-state index in [0.717, 1.165) is 144 Å². The van der Waals surface area contributed by atoms with Gasteiger partial charge in [-0.1, -0.05) is 202 Å². The lowest BCUT2D eigenvalue weighted by molar-refractivity contribution is 0.488. The molecule has 16 rings (SSSR count). The summed E-state index contributed by atoms with van der Waals surface area (Å²) in [5, 5.41) is 10.1. The van der Waals surface area contributed by atoms with Gasteiger partial charge in [-0.2, -0.15) is 0 Å². The number of aryl methyl sites for hydroxylation is 8. The van der Waals surface area contributed by atoms with Gasteiger partial charge in [-0.15, -0.1) is 0 Å². The van der Waals surface area contributed by atoms with Crippen LogP contribution in [0.15, 0.2) is 303 Å². The first-order valence-electron chi connectivity index (χ1n) is 33.8. The molecule has 0 aliphatic heterocycles. The number of benzene rings is 16. The number of anilines is 12. The minimum absolute atomic E-state index is 0.681. The molecule has 0 atom stereocenters. The number of nitrogens with zero attached hydrogens (tertiary/aromatic N) is 4.